The van der Waals surface area contributed by atoms with Crippen LogP contribution in [0.5, 0.6) is 0 Å². The molecule has 2 aliphatic rings. The number of carbonyl (C=O) groups is 1. The summed E-state index contributed by atoms with van der Waals surface area (Å²) < 4.78 is 0. The third-order valence-electron chi connectivity index (χ3n) is 2.98. The highest BCUT2D eigenvalue weighted by Gasteiger charge is 2.52. The molecule has 0 amide bonds. The number of aliphatic hydroxyl groups is 1. The van der Waals surface area contributed by atoms with Gasteiger partial charge in [0.15, 0.2) is 0 Å². The Morgan fingerprint density at radius 1 is 1.27 bits per heavy atom. The minimum atomic E-state index is -0.595. The van der Waals surface area contributed by atoms with Gasteiger partial charge in [0.05, 0.1) is 5.60 Å². The van der Waals surface area contributed by atoms with E-state index in [1.54, 1.807) is 0 Å². The van der Waals surface area contributed by atoms with Crippen molar-refractivity contribution in [1.29, 1.82) is 0 Å². The van der Waals surface area contributed by atoms with Gasteiger partial charge in [-0.25, -0.2) is 0 Å². The van der Waals surface area contributed by atoms with Crippen molar-refractivity contribution in [1.82, 2.24) is 0 Å². The summed E-state index contributed by atoms with van der Waals surface area (Å²) in [6, 6.07) is 0. The number of hydrogen-bond acceptors (Lipinski definition) is 2. The van der Waals surface area contributed by atoms with Crippen LogP contribution in [-0.2, 0) is 4.79 Å². The van der Waals surface area contributed by atoms with Gasteiger partial charge in [-0.1, -0.05) is 0 Å². The van der Waals surface area contributed by atoms with E-state index in [0.717, 1.165) is 32.0 Å². The van der Waals surface area contributed by atoms with E-state index in [4.69, 9.17) is 0 Å². The van der Waals surface area contributed by atoms with Gasteiger partial charge >= 0.3 is 0 Å². The van der Waals surface area contributed by atoms with Gasteiger partial charge in [-0.2, -0.15) is 0 Å². The highest BCUT2D eigenvalue weighted by Crippen LogP contribution is 2.53. The summed E-state index contributed by atoms with van der Waals surface area (Å²) in [4.78, 5) is 10.3. The summed E-state index contributed by atoms with van der Waals surface area (Å²) in [5.41, 5.74) is -0.595. The normalized spacial score (nSPS) is 25.2. The smallest absolute Gasteiger partial charge is 0.122 e. The lowest BCUT2D eigenvalue weighted by Crippen LogP contribution is -2.34. The Labute approximate surface area is 66.6 Å². The topological polar surface area (TPSA) is 37.3 Å². The molecule has 0 aromatic carbocycles. The Kier molecular flexibility index (Phi) is 1.53. The van der Waals surface area contributed by atoms with E-state index in [9.17, 15) is 9.90 Å². The predicted molar refractivity (Wildman–Crippen MR) is 41.1 cm³/mol. The molecule has 0 radical (unpaired) electrons. The number of hydrogen-bond donors (Lipinski definition) is 1. The molecular weight excluding hydrogens is 140 g/mol. The fourth-order valence-corrected chi connectivity index (χ4v) is 1.97. The van der Waals surface area contributed by atoms with E-state index in [2.05, 4.69) is 0 Å². The van der Waals surface area contributed by atoms with Crippen LogP contribution < -0.4 is 0 Å². The lowest BCUT2D eigenvalue weighted by atomic mass is 9.89. The molecule has 2 saturated carbocycles. The van der Waals surface area contributed by atoms with Crippen LogP contribution >= 0.6 is 0 Å². The highest BCUT2D eigenvalue weighted by molar-refractivity contribution is 5.52. The van der Waals surface area contributed by atoms with E-state index >= 15 is 0 Å². The molecule has 0 spiro atoms. The van der Waals surface area contributed by atoms with Crippen LogP contribution in [0.2, 0.25) is 0 Å². The Morgan fingerprint density at radius 3 is 2.00 bits per heavy atom. The molecule has 11 heavy (non-hydrogen) atoms. The summed E-state index contributed by atoms with van der Waals surface area (Å²) in [6.45, 7) is 0. The van der Waals surface area contributed by atoms with Crippen molar-refractivity contribution in [2.75, 3.05) is 0 Å². The molecule has 0 aromatic rings. The zero-order valence-corrected chi connectivity index (χ0v) is 6.62. The second kappa shape index (κ2) is 2.31. The number of aldehydes is 1. The van der Waals surface area contributed by atoms with E-state index in [1.807, 2.05) is 0 Å². The second-order valence-corrected chi connectivity index (χ2v) is 3.91. The maximum atomic E-state index is 10.3. The molecule has 0 atom stereocenters. The van der Waals surface area contributed by atoms with Crippen LogP contribution in [0.15, 0.2) is 0 Å². The van der Waals surface area contributed by atoms with Crippen molar-refractivity contribution in [2.24, 2.45) is 11.8 Å². The fourth-order valence-electron chi connectivity index (χ4n) is 1.97. The summed E-state index contributed by atoms with van der Waals surface area (Å²) in [7, 11) is 0. The molecule has 2 rings (SSSR count). The van der Waals surface area contributed by atoms with E-state index in [1.165, 1.54) is 0 Å². The van der Waals surface area contributed by atoms with Gasteiger partial charge in [0.25, 0.3) is 0 Å². The van der Waals surface area contributed by atoms with Crippen molar-refractivity contribution < 1.29 is 9.90 Å². The van der Waals surface area contributed by atoms with E-state index in [-0.39, 0.29) is 0 Å². The zero-order chi connectivity index (χ0) is 7.90. The SMILES string of the molecule is O=CCC(O)(C1CC1)C1CC1. The molecule has 2 fully saturated rings. The fraction of sp³-hybridized carbons (Fsp3) is 0.889. The first kappa shape index (κ1) is 7.29. The minimum absolute atomic E-state index is 0.363. The summed E-state index contributed by atoms with van der Waals surface area (Å²) in [6.07, 6.45) is 5.74. The van der Waals surface area contributed by atoms with Crippen molar-refractivity contribution >= 4 is 6.29 Å². The molecule has 0 aliphatic heterocycles. The molecular formula is C9H14O2. The van der Waals surface area contributed by atoms with Crippen LogP contribution in [0.1, 0.15) is 32.1 Å². The average molecular weight is 154 g/mol. The average Bonchev–Trinajstić information content (AvgIpc) is 2.84. The van der Waals surface area contributed by atoms with Crippen LogP contribution in [0.4, 0.5) is 0 Å². The molecule has 0 saturated heterocycles. The summed E-state index contributed by atoms with van der Waals surface area (Å²) in [5.74, 6) is 0.889. The zero-order valence-electron chi connectivity index (χ0n) is 6.62. The van der Waals surface area contributed by atoms with Gasteiger partial charge in [-0.15, -0.1) is 0 Å². The molecule has 0 aromatic heterocycles. The second-order valence-electron chi connectivity index (χ2n) is 3.91. The van der Waals surface area contributed by atoms with Crippen LogP contribution in [0.25, 0.3) is 0 Å². The molecule has 0 bridgehead atoms. The standard InChI is InChI=1S/C9H14O2/c10-6-5-9(11,7-1-2-7)8-3-4-8/h6-8,11H,1-5H2. The first-order chi connectivity index (χ1) is 5.27. The summed E-state index contributed by atoms with van der Waals surface area (Å²) in [5, 5.41) is 10.1. The van der Waals surface area contributed by atoms with Gasteiger partial charge in [-0.3, -0.25) is 0 Å². The third-order valence-corrected chi connectivity index (χ3v) is 2.98. The largest absolute Gasteiger partial charge is 0.389 e. The van der Waals surface area contributed by atoms with Gasteiger partial charge in [0.2, 0.25) is 0 Å². The van der Waals surface area contributed by atoms with Gasteiger partial charge in [-0.05, 0) is 37.5 Å². The summed E-state index contributed by atoms with van der Waals surface area (Å²) >= 11 is 0. The Hall–Kier alpha value is -0.370. The molecule has 2 nitrogen and oxygen atoms in total. The molecule has 2 heteroatoms. The highest BCUT2D eigenvalue weighted by atomic mass is 16.3. The van der Waals surface area contributed by atoms with Crippen LogP contribution in [-0.4, -0.2) is 17.0 Å². The number of rotatable bonds is 4. The molecule has 0 heterocycles. The molecule has 0 unspecified atom stereocenters. The lowest BCUT2D eigenvalue weighted by molar-refractivity contribution is -0.114. The first-order valence-corrected chi connectivity index (χ1v) is 4.43. The monoisotopic (exact) mass is 154 g/mol. The maximum absolute atomic E-state index is 10.3. The van der Waals surface area contributed by atoms with Crippen molar-refractivity contribution in [3.63, 3.8) is 0 Å². The predicted octanol–water partition coefficient (Wildman–Crippen LogP) is 1.13. The number of carbonyl (C=O) groups excluding carboxylic acids is 1. The van der Waals surface area contributed by atoms with Crippen LogP contribution in [0.3, 0.4) is 0 Å². The Balaban J connectivity index is 2.03. The molecule has 1 N–H and O–H groups in total. The van der Waals surface area contributed by atoms with Crippen molar-refractivity contribution in [3.8, 4) is 0 Å². The van der Waals surface area contributed by atoms with Gasteiger partial charge in [0, 0.05) is 6.42 Å². The molecule has 2 aliphatic carbocycles. The van der Waals surface area contributed by atoms with Gasteiger partial charge < -0.3 is 9.90 Å². The lowest BCUT2D eigenvalue weighted by Gasteiger charge is -2.25. The van der Waals surface area contributed by atoms with Gasteiger partial charge in [0.1, 0.15) is 6.29 Å². The van der Waals surface area contributed by atoms with E-state index < -0.39 is 5.60 Å². The first-order valence-electron chi connectivity index (χ1n) is 4.43. The van der Waals surface area contributed by atoms with Crippen molar-refractivity contribution in [3.05, 3.63) is 0 Å². The van der Waals surface area contributed by atoms with Crippen molar-refractivity contribution in [2.45, 2.75) is 37.7 Å². The van der Waals surface area contributed by atoms with E-state index in [0.29, 0.717) is 18.3 Å². The quantitative estimate of drug-likeness (QED) is 0.616. The maximum Gasteiger partial charge on any atom is 0.122 e. The third kappa shape index (κ3) is 1.20. The Bertz CT molecular complexity index is 156. The minimum Gasteiger partial charge on any atom is -0.389 e. The van der Waals surface area contributed by atoms with Crippen LogP contribution in [0, 0.1) is 11.8 Å². The Morgan fingerprint density at radius 2 is 1.73 bits per heavy atom. The molecule has 62 valence electrons.